The molecule has 1 fully saturated rings. The van der Waals surface area contributed by atoms with Crippen LogP contribution in [0, 0.1) is 5.92 Å². The van der Waals surface area contributed by atoms with Crippen molar-refractivity contribution in [3.63, 3.8) is 0 Å². The molecule has 1 aromatic rings. The van der Waals surface area contributed by atoms with E-state index in [0.29, 0.717) is 0 Å². The molecule has 0 bridgehead atoms. The van der Waals surface area contributed by atoms with Crippen LogP contribution in [0.2, 0.25) is 0 Å². The second-order valence-electron chi connectivity index (χ2n) is 4.11. The van der Waals surface area contributed by atoms with Crippen LogP contribution in [-0.4, -0.2) is 13.1 Å². The molecule has 0 amide bonds. The van der Waals surface area contributed by atoms with E-state index in [1.807, 2.05) is 0 Å². The minimum absolute atomic E-state index is 0.727. The summed E-state index contributed by atoms with van der Waals surface area (Å²) in [6, 6.07) is 10.8. The molecule has 0 aliphatic carbocycles. The molecule has 0 unspecified atom stereocenters. The second-order valence-corrected chi connectivity index (χ2v) is 4.11. The van der Waals surface area contributed by atoms with E-state index in [4.69, 9.17) is 0 Å². The first-order valence-electron chi connectivity index (χ1n) is 5.12. The predicted molar refractivity (Wildman–Crippen MR) is 55.8 cm³/mol. The van der Waals surface area contributed by atoms with Gasteiger partial charge in [0.1, 0.15) is 0 Å². The molecule has 1 aliphatic heterocycles. The molecule has 1 N–H and O–H groups in total. The van der Waals surface area contributed by atoms with E-state index in [1.54, 1.807) is 0 Å². The molecule has 1 aliphatic rings. The summed E-state index contributed by atoms with van der Waals surface area (Å²) >= 11 is 0. The summed E-state index contributed by atoms with van der Waals surface area (Å²) < 4.78 is 0. The molecule has 1 saturated heterocycles. The van der Waals surface area contributed by atoms with Gasteiger partial charge in [-0.25, -0.2) is 0 Å². The summed E-state index contributed by atoms with van der Waals surface area (Å²) in [5.74, 6) is 1.55. The van der Waals surface area contributed by atoms with Crippen molar-refractivity contribution < 1.29 is 0 Å². The summed E-state index contributed by atoms with van der Waals surface area (Å²) in [6.07, 6.45) is 1.33. The van der Waals surface area contributed by atoms with Gasteiger partial charge in [-0.15, -0.1) is 0 Å². The molecular weight excluding hydrogens is 158 g/mol. The zero-order valence-corrected chi connectivity index (χ0v) is 8.16. The maximum absolute atomic E-state index is 3.48. The lowest BCUT2D eigenvalue weighted by atomic mass is 9.87. The molecule has 0 aromatic heterocycles. The van der Waals surface area contributed by atoms with Crippen LogP contribution in [0.25, 0.3) is 0 Å². The molecule has 0 spiro atoms. The smallest absolute Gasteiger partial charge is 0.00203 e. The summed E-state index contributed by atoms with van der Waals surface area (Å²) in [5, 5.41) is 3.48. The average molecular weight is 175 g/mol. The van der Waals surface area contributed by atoms with Crippen LogP contribution in [0.5, 0.6) is 0 Å². The van der Waals surface area contributed by atoms with Crippen LogP contribution in [0.1, 0.15) is 24.8 Å². The van der Waals surface area contributed by atoms with E-state index in [0.717, 1.165) is 18.4 Å². The lowest BCUT2D eigenvalue weighted by Gasteiger charge is -2.27. The first-order valence-corrected chi connectivity index (χ1v) is 5.12. The highest BCUT2D eigenvalue weighted by atomic mass is 14.9. The zero-order valence-electron chi connectivity index (χ0n) is 8.16. The fourth-order valence-corrected chi connectivity index (χ4v) is 2.14. The van der Waals surface area contributed by atoms with Crippen molar-refractivity contribution in [3.8, 4) is 0 Å². The van der Waals surface area contributed by atoms with E-state index >= 15 is 0 Å². The minimum Gasteiger partial charge on any atom is -0.316 e. The van der Waals surface area contributed by atoms with E-state index < -0.39 is 0 Å². The third-order valence-corrected chi connectivity index (χ3v) is 2.84. The van der Waals surface area contributed by atoms with Crippen LogP contribution in [0.15, 0.2) is 30.3 Å². The Labute approximate surface area is 80.2 Å². The molecule has 2 rings (SSSR count). The van der Waals surface area contributed by atoms with Gasteiger partial charge in [0.05, 0.1) is 0 Å². The van der Waals surface area contributed by atoms with Crippen molar-refractivity contribution >= 4 is 0 Å². The van der Waals surface area contributed by atoms with Crippen LogP contribution >= 0.6 is 0 Å². The highest BCUT2D eigenvalue weighted by Crippen LogP contribution is 2.25. The van der Waals surface area contributed by atoms with E-state index in [-0.39, 0.29) is 0 Å². The fraction of sp³-hybridized carbons (Fsp3) is 0.500. The van der Waals surface area contributed by atoms with E-state index in [2.05, 4.69) is 42.6 Å². The third kappa shape index (κ3) is 2.10. The Kier molecular flexibility index (Phi) is 2.65. The SMILES string of the molecule is C[C@@H]1CNC[C@H](c2ccccc2)C1. The van der Waals surface area contributed by atoms with Crippen LogP contribution in [0.4, 0.5) is 0 Å². The molecule has 0 saturated carbocycles. The molecule has 1 heteroatoms. The first-order chi connectivity index (χ1) is 6.36. The Hall–Kier alpha value is -0.820. The van der Waals surface area contributed by atoms with Crippen molar-refractivity contribution in [2.24, 2.45) is 5.92 Å². The number of benzene rings is 1. The van der Waals surface area contributed by atoms with Gasteiger partial charge in [-0.3, -0.25) is 0 Å². The minimum atomic E-state index is 0.727. The van der Waals surface area contributed by atoms with Gasteiger partial charge >= 0.3 is 0 Å². The summed E-state index contributed by atoms with van der Waals surface area (Å²) in [6.45, 7) is 4.65. The maximum Gasteiger partial charge on any atom is 0.00203 e. The predicted octanol–water partition coefficient (Wildman–Crippen LogP) is 2.40. The molecule has 2 atom stereocenters. The van der Waals surface area contributed by atoms with Crippen molar-refractivity contribution in [3.05, 3.63) is 35.9 Å². The maximum atomic E-state index is 3.48. The quantitative estimate of drug-likeness (QED) is 0.691. The summed E-state index contributed by atoms with van der Waals surface area (Å²) in [4.78, 5) is 0. The Morgan fingerprint density at radius 3 is 2.62 bits per heavy atom. The topological polar surface area (TPSA) is 12.0 Å². The van der Waals surface area contributed by atoms with Crippen molar-refractivity contribution in [2.75, 3.05) is 13.1 Å². The molecule has 0 radical (unpaired) electrons. The van der Waals surface area contributed by atoms with Gasteiger partial charge in [0.25, 0.3) is 0 Å². The highest BCUT2D eigenvalue weighted by Gasteiger charge is 2.19. The lowest BCUT2D eigenvalue weighted by Crippen LogP contribution is -2.33. The molecule has 70 valence electrons. The zero-order chi connectivity index (χ0) is 9.10. The van der Waals surface area contributed by atoms with Crippen LogP contribution in [-0.2, 0) is 0 Å². The third-order valence-electron chi connectivity index (χ3n) is 2.84. The van der Waals surface area contributed by atoms with E-state index in [9.17, 15) is 0 Å². The Morgan fingerprint density at radius 2 is 1.92 bits per heavy atom. The van der Waals surface area contributed by atoms with Gasteiger partial charge in [-0.05, 0) is 30.4 Å². The first kappa shape index (κ1) is 8.76. The van der Waals surface area contributed by atoms with Crippen molar-refractivity contribution in [1.82, 2.24) is 5.32 Å². The summed E-state index contributed by atoms with van der Waals surface area (Å²) in [7, 11) is 0. The number of rotatable bonds is 1. The molecule has 1 heterocycles. The van der Waals surface area contributed by atoms with Crippen LogP contribution in [0.3, 0.4) is 0 Å². The number of hydrogen-bond acceptors (Lipinski definition) is 1. The monoisotopic (exact) mass is 175 g/mol. The fourth-order valence-electron chi connectivity index (χ4n) is 2.14. The van der Waals surface area contributed by atoms with Crippen molar-refractivity contribution in [2.45, 2.75) is 19.3 Å². The molecular formula is C12H17N. The number of nitrogens with one attached hydrogen (secondary N) is 1. The Morgan fingerprint density at radius 1 is 1.15 bits per heavy atom. The number of piperidine rings is 1. The summed E-state index contributed by atoms with van der Waals surface area (Å²) in [5.41, 5.74) is 1.49. The molecule has 1 nitrogen and oxygen atoms in total. The number of hydrogen-bond donors (Lipinski definition) is 1. The molecule has 13 heavy (non-hydrogen) atoms. The lowest BCUT2D eigenvalue weighted by molar-refractivity contribution is 0.364. The van der Waals surface area contributed by atoms with Gasteiger partial charge in [0.2, 0.25) is 0 Å². The van der Waals surface area contributed by atoms with Gasteiger partial charge in [0, 0.05) is 6.54 Å². The van der Waals surface area contributed by atoms with Gasteiger partial charge in [-0.1, -0.05) is 37.3 Å². The molecule has 1 aromatic carbocycles. The van der Waals surface area contributed by atoms with Gasteiger partial charge in [-0.2, -0.15) is 0 Å². The second kappa shape index (κ2) is 3.93. The largest absolute Gasteiger partial charge is 0.316 e. The Bertz CT molecular complexity index is 255. The van der Waals surface area contributed by atoms with Gasteiger partial charge in [0.15, 0.2) is 0 Å². The van der Waals surface area contributed by atoms with E-state index in [1.165, 1.54) is 18.5 Å². The van der Waals surface area contributed by atoms with Crippen molar-refractivity contribution in [1.29, 1.82) is 0 Å². The normalized spacial score (nSPS) is 28.7. The highest BCUT2D eigenvalue weighted by molar-refractivity contribution is 5.20. The Balaban J connectivity index is 2.08. The van der Waals surface area contributed by atoms with Crippen LogP contribution < -0.4 is 5.32 Å². The average Bonchev–Trinajstić information content (AvgIpc) is 2.19. The van der Waals surface area contributed by atoms with Gasteiger partial charge < -0.3 is 5.32 Å². The standard InChI is InChI=1S/C12H17N/c1-10-7-12(9-13-8-10)11-5-3-2-4-6-11/h2-6,10,12-13H,7-9H2,1H3/t10-,12+/m0/s1.